The highest BCUT2D eigenvalue weighted by Gasteiger charge is 2.34. The van der Waals surface area contributed by atoms with E-state index in [-0.39, 0.29) is 11.1 Å². The van der Waals surface area contributed by atoms with Crippen molar-refractivity contribution < 1.29 is 14.3 Å². The molecule has 0 N–H and O–H groups in total. The van der Waals surface area contributed by atoms with Gasteiger partial charge in [0.05, 0.1) is 11.5 Å². The van der Waals surface area contributed by atoms with Crippen LogP contribution in [0.25, 0.3) is 16.8 Å². The predicted octanol–water partition coefficient (Wildman–Crippen LogP) is 4.68. The van der Waals surface area contributed by atoms with Gasteiger partial charge in [-0.25, -0.2) is 0 Å². The maximum atomic E-state index is 12.5. The molecule has 2 aromatic carbocycles. The number of hydrogen-bond acceptors (Lipinski definition) is 4. The summed E-state index contributed by atoms with van der Waals surface area (Å²) >= 11 is 0.995. The monoisotopic (exact) mass is 341 g/mol. The molecule has 1 saturated heterocycles. The number of benzene rings is 2. The summed E-state index contributed by atoms with van der Waals surface area (Å²) in [5.41, 5.74) is 0.844. The highest BCUT2D eigenvalue weighted by Crippen LogP contribution is 2.36. The Balaban J connectivity index is 2.10. The first kappa shape index (κ1) is 16.6. The second-order valence-electron chi connectivity index (χ2n) is 5.46. The van der Waals surface area contributed by atoms with Crippen molar-refractivity contribution in [1.82, 2.24) is 4.90 Å². The molecule has 0 saturated carbocycles. The molecule has 0 aliphatic carbocycles. The highest BCUT2D eigenvalue weighted by molar-refractivity contribution is 8.18. The van der Waals surface area contributed by atoms with Crippen LogP contribution < -0.4 is 4.74 Å². The van der Waals surface area contributed by atoms with E-state index in [2.05, 4.69) is 0 Å². The van der Waals surface area contributed by atoms with E-state index in [0.29, 0.717) is 18.1 Å². The van der Waals surface area contributed by atoms with E-state index in [1.165, 1.54) is 4.90 Å². The van der Waals surface area contributed by atoms with Crippen molar-refractivity contribution in [2.75, 3.05) is 13.2 Å². The van der Waals surface area contributed by atoms with E-state index in [9.17, 15) is 9.59 Å². The topological polar surface area (TPSA) is 46.6 Å². The lowest BCUT2D eigenvalue weighted by atomic mass is 10.0. The molecule has 0 radical (unpaired) electrons. The first-order chi connectivity index (χ1) is 11.7. The molecule has 0 aromatic heterocycles. The lowest BCUT2D eigenvalue weighted by molar-refractivity contribution is -0.122. The van der Waals surface area contributed by atoms with Gasteiger partial charge in [-0.3, -0.25) is 14.5 Å². The minimum absolute atomic E-state index is 0.203. The normalized spacial score (nSPS) is 16.4. The zero-order valence-electron chi connectivity index (χ0n) is 13.7. The number of nitrogens with zero attached hydrogens (tertiary/aromatic N) is 1. The number of rotatable bonds is 5. The van der Waals surface area contributed by atoms with Crippen LogP contribution in [0.4, 0.5) is 4.79 Å². The highest BCUT2D eigenvalue weighted by atomic mass is 32.2. The van der Waals surface area contributed by atoms with Crippen molar-refractivity contribution in [3.8, 4) is 5.75 Å². The number of carbonyl (C=O) groups is 2. The first-order valence-electron chi connectivity index (χ1n) is 8.05. The average molecular weight is 341 g/mol. The zero-order valence-corrected chi connectivity index (χ0v) is 14.6. The van der Waals surface area contributed by atoms with Crippen molar-refractivity contribution in [2.45, 2.75) is 20.3 Å². The van der Waals surface area contributed by atoms with Gasteiger partial charge in [-0.15, -0.1) is 0 Å². The van der Waals surface area contributed by atoms with E-state index >= 15 is 0 Å². The maximum absolute atomic E-state index is 12.5. The smallest absolute Gasteiger partial charge is 0.293 e. The third-order valence-electron chi connectivity index (χ3n) is 3.83. The van der Waals surface area contributed by atoms with Gasteiger partial charge in [-0.2, -0.15) is 0 Å². The number of imide groups is 1. The number of hydrogen-bond donors (Lipinski definition) is 0. The summed E-state index contributed by atoms with van der Waals surface area (Å²) in [5.74, 6) is 0.501. The summed E-state index contributed by atoms with van der Waals surface area (Å²) < 4.78 is 5.73. The van der Waals surface area contributed by atoms with Gasteiger partial charge in [0, 0.05) is 12.1 Å². The van der Waals surface area contributed by atoms with Crippen molar-refractivity contribution in [3.05, 3.63) is 46.9 Å². The van der Waals surface area contributed by atoms with E-state index in [0.717, 1.165) is 40.3 Å². The van der Waals surface area contributed by atoms with E-state index in [1.54, 1.807) is 6.08 Å². The van der Waals surface area contributed by atoms with E-state index in [4.69, 9.17) is 4.74 Å². The number of fused-ring (bicyclic) bond motifs is 1. The van der Waals surface area contributed by atoms with Gasteiger partial charge >= 0.3 is 0 Å². The van der Waals surface area contributed by atoms with Crippen LogP contribution in [0, 0.1) is 0 Å². The van der Waals surface area contributed by atoms with E-state index < -0.39 is 0 Å². The van der Waals surface area contributed by atoms with Gasteiger partial charge < -0.3 is 4.74 Å². The fourth-order valence-electron chi connectivity index (χ4n) is 2.75. The Bertz CT molecular complexity index is 828. The number of ether oxygens (including phenoxy) is 1. The molecule has 3 rings (SSSR count). The summed E-state index contributed by atoms with van der Waals surface area (Å²) in [6.45, 7) is 4.87. The molecule has 1 aliphatic rings. The minimum Gasteiger partial charge on any atom is -0.493 e. The van der Waals surface area contributed by atoms with Crippen LogP contribution in [0.1, 0.15) is 25.8 Å². The van der Waals surface area contributed by atoms with Crippen LogP contribution in [0.5, 0.6) is 5.75 Å². The van der Waals surface area contributed by atoms with Gasteiger partial charge in [0.15, 0.2) is 0 Å². The van der Waals surface area contributed by atoms with Crippen LogP contribution >= 0.6 is 11.8 Å². The molecule has 1 aliphatic heterocycles. The SMILES string of the molecule is CCCN1C(=O)S/C(=C/c2c(OCC)ccc3ccccc23)C1=O. The number of amides is 2. The predicted molar refractivity (Wildman–Crippen MR) is 98.1 cm³/mol. The molecular weight excluding hydrogens is 322 g/mol. The van der Waals surface area contributed by atoms with Crippen molar-refractivity contribution in [1.29, 1.82) is 0 Å². The van der Waals surface area contributed by atoms with Crippen LogP contribution in [0.15, 0.2) is 41.3 Å². The molecule has 0 spiro atoms. The fraction of sp³-hybridized carbons (Fsp3) is 0.263. The van der Waals surface area contributed by atoms with Gasteiger partial charge in [-0.1, -0.05) is 37.3 Å². The lowest BCUT2D eigenvalue weighted by Gasteiger charge is -2.12. The Morgan fingerprint density at radius 3 is 2.67 bits per heavy atom. The van der Waals surface area contributed by atoms with Crippen LogP contribution in [-0.4, -0.2) is 29.2 Å². The Morgan fingerprint density at radius 2 is 1.92 bits per heavy atom. The third kappa shape index (κ3) is 3.04. The summed E-state index contributed by atoms with van der Waals surface area (Å²) in [4.78, 5) is 26.3. The van der Waals surface area contributed by atoms with Gasteiger partial charge in [-0.05, 0) is 48.0 Å². The molecule has 4 nitrogen and oxygen atoms in total. The molecule has 1 heterocycles. The standard InChI is InChI=1S/C19H19NO3S/c1-3-11-20-18(21)17(24-19(20)22)12-15-14-8-6-5-7-13(14)9-10-16(15)23-4-2/h5-10,12H,3-4,11H2,1-2H3/b17-12+. The number of carbonyl (C=O) groups excluding carboxylic acids is 2. The molecule has 124 valence electrons. The Morgan fingerprint density at radius 1 is 1.12 bits per heavy atom. The molecule has 0 bridgehead atoms. The molecule has 1 fully saturated rings. The second kappa shape index (κ2) is 7.09. The fourth-order valence-corrected chi connectivity index (χ4v) is 3.60. The molecule has 2 aromatic rings. The van der Waals surface area contributed by atoms with Crippen molar-refractivity contribution >= 4 is 39.8 Å². The summed E-state index contributed by atoms with van der Waals surface area (Å²) in [5, 5.41) is 1.87. The largest absolute Gasteiger partial charge is 0.493 e. The first-order valence-corrected chi connectivity index (χ1v) is 8.87. The zero-order chi connectivity index (χ0) is 17.1. The van der Waals surface area contributed by atoms with Crippen molar-refractivity contribution in [3.63, 3.8) is 0 Å². The summed E-state index contributed by atoms with van der Waals surface area (Å²) in [6.07, 6.45) is 2.54. The van der Waals surface area contributed by atoms with Crippen molar-refractivity contribution in [2.24, 2.45) is 0 Å². The Hall–Kier alpha value is -2.27. The lowest BCUT2D eigenvalue weighted by Crippen LogP contribution is -2.28. The summed E-state index contributed by atoms with van der Waals surface area (Å²) in [6, 6.07) is 11.9. The Labute approximate surface area is 145 Å². The quantitative estimate of drug-likeness (QED) is 0.741. The van der Waals surface area contributed by atoms with Gasteiger partial charge in [0.25, 0.3) is 11.1 Å². The van der Waals surface area contributed by atoms with Crippen LogP contribution in [-0.2, 0) is 4.79 Å². The third-order valence-corrected chi connectivity index (χ3v) is 4.73. The van der Waals surface area contributed by atoms with Crippen LogP contribution in [0.2, 0.25) is 0 Å². The molecule has 2 amide bonds. The second-order valence-corrected chi connectivity index (χ2v) is 6.46. The molecule has 0 unspecified atom stereocenters. The number of thioether (sulfide) groups is 1. The summed E-state index contributed by atoms with van der Waals surface area (Å²) in [7, 11) is 0. The molecule has 24 heavy (non-hydrogen) atoms. The molecule has 0 atom stereocenters. The Kier molecular flexibility index (Phi) is 4.90. The molecule has 5 heteroatoms. The maximum Gasteiger partial charge on any atom is 0.293 e. The van der Waals surface area contributed by atoms with Gasteiger partial charge in [0.1, 0.15) is 5.75 Å². The average Bonchev–Trinajstić information content (AvgIpc) is 2.85. The van der Waals surface area contributed by atoms with Crippen LogP contribution in [0.3, 0.4) is 0 Å². The minimum atomic E-state index is -0.220. The van der Waals surface area contributed by atoms with E-state index in [1.807, 2.05) is 50.2 Å². The molecular formula is C19H19NO3S. The van der Waals surface area contributed by atoms with Gasteiger partial charge in [0.2, 0.25) is 0 Å².